The second kappa shape index (κ2) is 4.86. The van der Waals surface area contributed by atoms with Gasteiger partial charge in [-0.25, -0.2) is 4.98 Å². The van der Waals surface area contributed by atoms with Gasteiger partial charge in [0.2, 0.25) is 5.89 Å². The summed E-state index contributed by atoms with van der Waals surface area (Å²) in [5.41, 5.74) is 0.678. The van der Waals surface area contributed by atoms with Gasteiger partial charge in [-0.2, -0.15) is 0 Å². The van der Waals surface area contributed by atoms with Crippen LogP contribution in [0.25, 0.3) is 11.6 Å². The van der Waals surface area contributed by atoms with Gasteiger partial charge in [-0.05, 0) is 37.9 Å². The number of piperidine rings is 1. The molecule has 0 aliphatic carbocycles. The molecule has 6 nitrogen and oxygen atoms in total. The van der Waals surface area contributed by atoms with Gasteiger partial charge in [-0.15, -0.1) is 10.2 Å². The number of nitrogens with one attached hydrogen (secondary N) is 1. The van der Waals surface area contributed by atoms with Crippen LogP contribution in [-0.4, -0.2) is 40.4 Å². The first-order chi connectivity index (χ1) is 9.90. The van der Waals surface area contributed by atoms with E-state index in [4.69, 9.17) is 4.42 Å². The van der Waals surface area contributed by atoms with Gasteiger partial charge in [0.05, 0.1) is 6.20 Å². The first kappa shape index (κ1) is 11.8. The minimum absolute atomic E-state index is 0.517. The average Bonchev–Trinajstić information content (AvgIpc) is 2.85. The van der Waals surface area contributed by atoms with Crippen molar-refractivity contribution in [3.63, 3.8) is 0 Å². The third-order valence-corrected chi connectivity index (χ3v) is 4.21. The lowest BCUT2D eigenvalue weighted by Crippen LogP contribution is -2.46. The lowest BCUT2D eigenvalue weighted by molar-refractivity contribution is 0.426. The fourth-order valence-electron chi connectivity index (χ4n) is 3.17. The monoisotopic (exact) mass is 271 g/mol. The second-order valence-corrected chi connectivity index (χ2v) is 5.44. The van der Waals surface area contributed by atoms with Gasteiger partial charge in [-0.1, -0.05) is 0 Å². The van der Waals surface area contributed by atoms with Crippen LogP contribution in [0.5, 0.6) is 0 Å². The number of hydrogen-bond donors (Lipinski definition) is 1. The van der Waals surface area contributed by atoms with Crippen LogP contribution in [0.2, 0.25) is 0 Å². The summed E-state index contributed by atoms with van der Waals surface area (Å²) in [6, 6.07) is 5.12. The maximum Gasteiger partial charge on any atom is 0.246 e. The SMILES string of the molecule is c1coc(-c2ccc(N3CC4CCC3CCN4)nn2)n1. The van der Waals surface area contributed by atoms with Crippen molar-refractivity contribution in [2.45, 2.75) is 31.3 Å². The predicted octanol–water partition coefficient (Wildman–Crippen LogP) is 1.46. The summed E-state index contributed by atoms with van der Waals surface area (Å²) in [4.78, 5) is 6.48. The smallest absolute Gasteiger partial charge is 0.246 e. The lowest BCUT2D eigenvalue weighted by atomic mass is 9.99. The number of hydrogen-bond acceptors (Lipinski definition) is 6. The zero-order valence-corrected chi connectivity index (χ0v) is 11.2. The zero-order valence-electron chi connectivity index (χ0n) is 11.2. The molecule has 3 fully saturated rings. The molecule has 3 aliphatic heterocycles. The molecule has 2 bridgehead atoms. The number of rotatable bonds is 2. The van der Waals surface area contributed by atoms with E-state index in [-0.39, 0.29) is 0 Å². The van der Waals surface area contributed by atoms with E-state index < -0.39 is 0 Å². The second-order valence-electron chi connectivity index (χ2n) is 5.44. The Hall–Kier alpha value is -1.95. The number of oxazole rings is 1. The fourth-order valence-corrected chi connectivity index (χ4v) is 3.17. The van der Waals surface area contributed by atoms with Crippen LogP contribution in [0, 0.1) is 0 Å². The zero-order chi connectivity index (χ0) is 13.4. The third-order valence-electron chi connectivity index (χ3n) is 4.21. The maximum absolute atomic E-state index is 5.24. The van der Waals surface area contributed by atoms with Gasteiger partial charge in [-0.3, -0.25) is 0 Å². The quantitative estimate of drug-likeness (QED) is 0.892. The molecule has 2 unspecified atom stereocenters. The Bertz CT molecular complexity index is 564. The van der Waals surface area contributed by atoms with Gasteiger partial charge < -0.3 is 14.6 Å². The Balaban J connectivity index is 1.59. The molecule has 0 aromatic carbocycles. The van der Waals surface area contributed by atoms with Gasteiger partial charge in [0.15, 0.2) is 5.82 Å². The Kier molecular flexibility index (Phi) is 2.88. The summed E-state index contributed by atoms with van der Waals surface area (Å²) >= 11 is 0. The molecule has 104 valence electrons. The van der Waals surface area contributed by atoms with Crippen LogP contribution >= 0.6 is 0 Å². The summed E-state index contributed by atoms with van der Waals surface area (Å²) in [5.74, 6) is 1.47. The lowest BCUT2D eigenvalue weighted by Gasteiger charge is -2.36. The van der Waals surface area contributed by atoms with Crippen molar-refractivity contribution >= 4 is 5.82 Å². The van der Waals surface area contributed by atoms with Crippen molar-refractivity contribution < 1.29 is 4.42 Å². The highest BCUT2D eigenvalue weighted by atomic mass is 16.3. The number of anilines is 1. The molecule has 0 radical (unpaired) electrons. The third kappa shape index (κ3) is 2.06. The Morgan fingerprint density at radius 2 is 2.20 bits per heavy atom. The highest BCUT2D eigenvalue weighted by Gasteiger charge is 2.31. The highest BCUT2D eigenvalue weighted by molar-refractivity contribution is 5.50. The summed E-state index contributed by atoms with van der Waals surface area (Å²) in [6.45, 7) is 2.13. The molecule has 2 aromatic heterocycles. The number of fused-ring (bicyclic) bond motifs is 4. The molecule has 20 heavy (non-hydrogen) atoms. The van der Waals surface area contributed by atoms with Crippen molar-refractivity contribution in [2.24, 2.45) is 0 Å². The first-order valence-electron chi connectivity index (χ1n) is 7.14. The van der Waals surface area contributed by atoms with E-state index >= 15 is 0 Å². The number of nitrogens with zero attached hydrogens (tertiary/aromatic N) is 4. The fraction of sp³-hybridized carbons (Fsp3) is 0.500. The van der Waals surface area contributed by atoms with Gasteiger partial charge >= 0.3 is 0 Å². The van der Waals surface area contributed by atoms with E-state index in [1.54, 1.807) is 12.5 Å². The van der Waals surface area contributed by atoms with Crippen LogP contribution in [0.1, 0.15) is 19.3 Å². The van der Waals surface area contributed by atoms with Crippen LogP contribution in [0.15, 0.2) is 29.0 Å². The standard InChI is InChI=1S/C14H17N5O/c1-2-11-5-6-15-10(1)9-19(11)13-4-3-12(17-18-13)14-16-7-8-20-14/h3-4,7-8,10-11,15H,1-2,5-6,9H2. The van der Waals surface area contributed by atoms with Crippen molar-refractivity contribution in [3.8, 4) is 11.6 Å². The topological polar surface area (TPSA) is 67.1 Å². The van der Waals surface area contributed by atoms with Gasteiger partial charge in [0.1, 0.15) is 12.0 Å². The summed E-state index contributed by atoms with van der Waals surface area (Å²) in [5, 5.41) is 12.2. The maximum atomic E-state index is 5.24. The molecule has 0 saturated carbocycles. The van der Waals surface area contributed by atoms with Crippen molar-refractivity contribution in [3.05, 3.63) is 24.6 Å². The van der Waals surface area contributed by atoms with E-state index in [0.717, 1.165) is 18.9 Å². The van der Waals surface area contributed by atoms with Crippen LogP contribution in [-0.2, 0) is 0 Å². The minimum Gasteiger partial charge on any atom is -0.443 e. The molecule has 2 aromatic rings. The predicted molar refractivity (Wildman–Crippen MR) is 74.3 cm³/mol. The van der Waals surface area contributed by atoms with Crippen LogP contribution in [0.4, 0.5) is 5.82 Å². The molecule has 1 N–H and O–H groups in total. The van der Waals surface area contributed by atoms with Crippen molar-refractivity contribution in [1.82, 2.24) is 20.5 Å². The molecule has 0 amide bonds. The van der Waals surface area contributed by atoms with Gasteiger partial charge in [0, 0.05) is 18.6 Å². The van der Waals surface area contributed by atoms with E-state index in [0.29, 0.717) is 23.7 Å². The van der Waals surface area contributed by atoms with E-state index in [9.17, 15) is 0 Å². The van der Waals surface area contributed by atoms with Crippen molar-refractivity contribution in [2.75, 3.05) is 18.0 Å². The minimum atomic E-state index is 0.517. The average molecular weight is 271 g/mol. The van der Waals surface area contributed by atoms with Gasteiger partial charge in [0.25, 0.3) is 0 Å². The normalized spacial score (nSPS) is 25.7. The molecule has 5 heterocycles. The van der Waals surface area contributed by atoms with Crippen LogP contribution < -0.4 is 10.2 Å². The first-order valence-corrected chi connectivity index (χ1v) is 7.14. The molecular formula is C14H17N5O. The Morgan fingerprint density at radius 1 is 1.20 bits per heavy atom. The van der Waals surface area contributed by atoms with Crippen molar-refractivity contribution in [1.29, 1.82) is 0 Å². The van der Waals surface area contributed by atoms with E-state index in [2.05, 4.69) is 25.4 Å². The van der Waals surface area contributed by atoms with E-state index in [1.807, 2.05) is 12.1 Å². The van der Waals surface area contributed by atoms with E-state index in [1.165, 1.54) is 19.3 Å². The summed E-state index contributed by atoms with van der Waals surface area (Å²) in [6.07, 6.45) is 6.85. The molecule has 0 spiro atoms. The largest absolute Gasteiger partial charge is 0.443 e. The molecular weight excluding hydrogens is 254 g/mol. The molecule has 5 rings (SSSR count). The Labute approximate surface area is 117 Å². The highest BCUT2D eigenvalue weighted by Crippen LogP contribution is 2.27. The summed E-state index contributed by atoms with van der Waals surface area (Å²) < 4.78 is 5.24. The molecule has 2 atom stereocenters. The molecule has 3 saturated heterocycles. The molecule has 6 heteroatoms. The number of aromatic nitrogens is 3. The molecule has 3 aliphatic rings. The summed E-state index contributed by atoms with van der Waals surface area (Å²) in [7, 11) is 0. The van der Waals surface area contributed by atoms with Crippen LogP contribution in [0.3, 0.4) is 0 Å². The Morgan fingerprint density at radius 3 is 3.00 bits per heavy atom.